The zero-order chi connectivity index (χ0) is 20.3. The topological polar surface area (TPSA) is 77.8 Å². The van der Waals surface area contributed by atoms with E-state index in [1.807, 2.05) is 0 Å². The molecule has 0 bridgehead atoms. The van der Waals surface area contributed by atoms with Crippen molar-refractivity contribution < 1.29 is 20.1 Å². The highest BCUT2D eigenvalue weighted by Crippen LogP contribution is 2.68. The summed E-state index contributed by atoms with van der Waals surface area (Å²) in [5.74, 6) is 2.61. The van der Waals surface area contributed by atoms with Gasteiger partial charge in [-0.25, -0.2) is 0 Å². The van der Waals surface area contributed by atoms with Gasteiger partial charge in [0, 0.05) is 6.42 Å². The Kier molecular flexibility index (Phi) is 5.36. The highest BCUT2D eigenvalue weighted by atomic mass is 16.4. The maximum absolute atomic E-state index is 11.1. The van der Waals surface area contributed by atoms with Gasteiger partial charge in [-0.2, -0.15) is 0 Å². The molecule has 10 atom stereocenters. The molecule has 0 aromatic carbocycles. The van der Waals surface area contributed by atoms with Gasteiger partial charge >= 0.3 is 5.97 Å². The van der Waals surface area contributed by atoms with Gasteiger partial charge < -0.3 is 15.3 Å². The normalized spacial score (nSPS) is 51.7. The number of rotatable bonds is 4. The van der Waals surface area contributed by atoms with Crippen molar-refractivity contribution in [3.05, 3.63) is 0 Å². The van der Waals surface area contributed by atoms with Crippen LogP contribution in [0.3, 0.4) is 0 Å². The number of fused-ring (bicyclic) bond motifs is 5. The van der Waals surface area contributed by atoms with Crippen molar-refractivity contribution in [2.45, 2.75) is 97.2 Å². The van der Waals surface area contributed by atoms with Crippen molar-refractivity contribution in [2.24, 2.45) is 46.3 Å². The smallest absolute Gasteiger partial charge is 0.303 e. The molecular formula is C24H40O4. The number of carboxylic acid groups (broad SMARTS) is 1. The standard InChI is InChI=1S/C24H40O4/c1-14(4-7-22(27)28)17-5-6-18-16-13-21(26)20-12-15(25)8-10-24(20,3)19(16)9-11-23(17,18)2/h14-21,25-26H,4-13H2,1-3H3,(H,27,28)/t14-,15+,16+,17+,18+,19-,20-,21-,23+,24+/m0/s1. The molecule has 4 aliphatic rings. The third-order valence-corrected chi connectivity index (χ3v) is 10.2. The predicted octanol–water partition coefficient (Wildman–Crippen LogP) is 4.48. The molecule has 0 saturated heterocycles. The van der Waals surface area contributed by atoms with Crippen LogP contribution >= 0.6 is 0 Å². The van der Waals surface area contributed by atoms with Gasteiger partial charge in [-0.3, -0.25) is 4.79 Å². The van der Waals surface area contributed by atoms with Gasteiger partial charge in [-0.1, -0.05) is 20.8 Å². The minimum atomic E-state index is -0.677. The zero-order valence-electron chi connectivity index (χ0n) is 17.9. The summed E-state index contributed by atoms with van der Waals surface area (Å²) in [6, 6.07) is 0. The maximum atomic E-state index is 11.1. The maximum Gasteiger partial charge on any atom is 0.303 e. The quantitative estimate of drug-likeness (QED) is 0.659. The molecule has 0 aliphatic heterocycles. The summed E-state index contributed by atoms with van der Waals surface area (Å²) >= 11 is 0. The summed E-state index contributed by atoms with van der Waals surface area (Å²) in [6.07, 6.45) is 9.16. The van der Waals surface area contributed by atoms with Crippen molar-refractivity contribution in [3.8, 4) is 0 Å². The lowest BCUT2D eigenvalue weighted by molar-refractivity contribution is -0.172. The van der Waals surface area contributed by atoms with E-state index in [-0.39, 0.29) is 30.0 Å². The number of hydrogen-bond donors (Lipinski definition) is 3. The first-order valence-corrected chi connectivity index (χ1v) is 11.7. The summed E-state index contributed by atoms with van der Waals surface area (Å²) in [7, 11) is 0. The van der Waals surface area contributed by atoms with E-state index in [9.17, 15) is 15.0 Å². The highest BCUT2D eigenvalue weighted by Gasteiger charge is 2.62. The summed E-state index contributed by atoms with van der Waals surface area (Å²) < 4.78 is 0. The van der Waals surface area contributed by atoms with E-state index in [1.165, 1.54) is 25.7 Å². The van der Waals surface area contributed by atoms with Gasteiger partial charge in [-0.05, 0) is 104 Å². The molecule has 4 rings (SSSR count). The zero-order valence-corrected chi connectivity index (χ0v) is 17.9. The minimum Gasteiger partial charge on any atom is -0.481 e. The van der Waals surface area contributed by atoms with Crippen LogP contribution < -0.4 is 0 Å². The average Bonchev–Trinajstić information content (AvgIpc) is 2.99. The first-order chi connectivity index (χ1) is 13.2. The molecule has 0 spiro atoms. The molecule has 4 nitrogen and oxygen atoms in total. The van der Waals surface area contributed by atoms with Gasteiger partial charge in [-0.15, -0.1) is 0 Å². The summed E-state index contributed by atoms with van der Waals surface area (Å²) in [4.78, 5) is 11.1. The number of carboxylic acids is 1. The van der Waals surface area contributed by atoms with E-state index >= 15 is 0 Å². The second-order valence-corrected chi connectivity index (χ2v) is 11.4. The Balaban J connectivity index is 1.55. The van der Waals surface area contributed by atoms with Crippen LogP contribution in [0.25, 0.3) is 0 Å². The van der Waals surface area contributed by atoms with Crippen LogP contribution in [0.15, 0.2) is 0 Å². The monoisotopic (exact) mass is 392 g/mol. The first kappa shape index (κ1) is 20.7. The second kappa shape index (κ2) is 7.27. The Bertz CT molecular complexity index is 605. The third-order valence-electron chi connectivity index (χ3n) is 10.2. The summed E-state index contributed by atoms with van der Waals surface area (Å²) in [5.41, 5.74) is 0.478. The van der Waals surface area contributed by atoms with Crippen molar-refractivity contribution >= 4 is 5.97 Å². The Morgan fingerprint density at radius 1 is 0.964 bits per heavy atom. The fraction of sp³-hybridized carbons (Fsp3) is 0.958. The number of aliphatic carboxylic acids is 1. The summed E-state index contributed by atoms with van der Waals surface area (Å²) in [6.45, 7) is 7.16. The van der Waals surface area contributed by atoms with Crippen LogP contribution in [0.1, 0.15) is 85.0 Å². The molecule has 0 aromatic heterocycles. The van der Waals surface area contributed by atoms with Gasteiger partial charge in [0.25, 0.3) is 0 Å². The minimum absolute atomic E-state index is 0.176. The molecule has 4 fully saturated rings. The molecular weight excluding hydrogens is 352 g/mol. The van der Waals surface area contributed by atoms with Crippen LogP contribution in [-0.2, 0) is 4.79 Å². The lowest BCUT2D eigenvalue weighted by Gasteiger charge is -2.62. The lowest BCUT2D eigenvalue weighted by atomic mass is 9.44. The largest absolute Gasteiger partial charge is 0.481 e. The van der Waals surface area contributed by atoms with Crippen molar-refractivity contribution in [1.82, 2.24) is 0 Å². The molecule has 160 valence electrons. The molecule has 4 aliphatic carbocycles. The predicted molar refractivity (Wildman–Crippen MR) is 109 cm³/mol. The van der Waals surface area contributed by atoms with E-state index in [0.717, 1.165) is 32.1 Å². The number of hydrogen-bond acceptors (Lipinski definition) is 3. The number of aliphatic hydroxyl groups is 2. The molecule has 28 heavy (non-hydrogen) atoms. The van der Waals surface area contributed by atoms with Gasteiger partial charge in [0.1, 0.15) is 0 Å². The van der Waals surface area contributed by atoms with Crippen LogP contribution in [0.5, 0.6) is 0 Å². The molecule has 4 heteroatoms. The van der Waals surface area contributed by atoms with Crippen molar-refractivity contribution in [1.29, 1.82) is 0 Å². The molecule has 0 radical (unpaired) electrons. The number of aliphatic hydroxyl groups excluding tert-OH is 2. The Hall–Kier alpha value is -0.610. The highest BCUT2D eigenvalue weighted by molar-refractivity contribution is 5.66. The average molecular weight is 393 g/mol. The molecule has 0 unspecified atom stereocenters. The third kappa shape index (κ3) is 3.14. The molecule has 0 heterocycles. The van der Waals surface area contributed by atoms with Crippen molar-refractivity contribution in [3.63, 3.8) is 0 Å². The molecule has 0 aromatic rings. The van der Waals surface area contributed by atoms with E-state index < -0.39 is 5.97 Å². The van der Waals surface area contributed by atoms with Crippen LogP contribution in [0, 0.1) is 46.3 Å². The van der Waals surface area contributed by atoms with E-state index in [2.05, 4.69) is 20.8 Å². The summed E-state index contributed by atoms with van der Waals surface area (Å²) in [5, 5.41) is 30.4. The fourth-order valence-corrected chi connectivity index (χ4v) is 8.81. The lowest BCUT2D eigenvalue weighted by Crippen LogP contribution is -2.58. The van der Waals surface area contributed by atoms with E-state index in [1.54, 1.807) is 0 Å². The SMILES string of the molecule is C[C@@H](CCC(=O)O)[C@H]1CC[C@@H]2[C@H]3C[C@H](O)[C@@H]4C[C@H](O)CC[C@]4(C)[C@H]3CC[C@@]21C. The molecule has 4 saturated carbocycles. The van der Waals surface area contributed by atoms with E-state index in [4.69, 9.17) is 5.11 Å². The first-order valence-electron chi connectivity index (χ1n) is 11.7. The Morgan fingerprint density at radius 2 is 1.64 bits per heavy atom. The Morgan fingerprint density at radius 3 is 2.36 bits per heavy atom. The Labute approximate surface area is 170 Å². The van der Waals surface area contributed by atoms with Crippen molar-refractivity contribution in [2.75, 3.05) is 0 Å². The van der Waals surface area contributed by atoms with Gasteiger partial charge in [0.2, 0.25) is 0 Å². The second-order valence-electron chi connectivity index (χ2n) is 11.4. The number of carbonyl (C=O) groups is 1. The van der Waals surface area contributed by atoms with Crippen LogP contribution in [0.4, 0.5) is 0 Å². The van der Waals surface area contributed by atoms with Gasteiger partial charge in [0.05, 0.1) is 12.2 Å². The van der Waals surface area contributed by atoms with E-state index in [0.29, 0.717) is 35.0 Å². The van der Waals surface area contributed by atoms with Crippen LogP contribution in [-0.4, -0.2) is 33.5 Å². The van der Waals surface area contributed by atoms with Crippen LogP contribution in [0.2, 0.25) is 0 Å². The fourth-order valence-electron chi connectivity index (χ4n) is 8.81. The molecule has 3 N–H and O–H groups in total. The molecule has 0 amide bonds. The van der Waals surface area contributed by atoms with Gasteiger partial charge in [0.15, 0.2) is 0 Å².